The summed E-state index contributed by atoms with van der Waals surface area (Å²) >= 11 is 0. The number of pyridine rings is 1. The van der Waals surface area contributed by atoms with Gasteiger partial charge in [0.25, 0.3) is 0 Å². The van der Waals surface area contributed by atoms with Crippen LogP contribution in [0.5, 0.6) is 0 Å². The number of rotatable bonds is 5. The molecule has 4 rings (SSSR count). The van der Waals surface area contributed by atoms with E-state index in [4.69, 9.17) is 0 Å². The Labute approximate surface area is 165 Å². The number of carbonyl (C=O) groups is 2. The van der Waals surface area contributed by atoms with Gasteiger partial charge in [0.1, 0.15) is 0 Å². The zero-order chi connectivity index (χ0) is 19.7. The first-order chi connectivity index (χ1) is 13.4. The molecule has 0 saturated carbocycles. The molecule has 1 spiro atoms. The highest BCUT2D eigenvalue weighted by Crippen LogP contribution is 2.39. The number of hydrogen-bond donors (Lipinski definition) is 2. The number of carbonyl (C=O) groups excluding carboxylic acids is 2. The minimum absolute atomic E-state index is 0.0771. The lowest BCUT2D eigenvalue weighted by Crippen LogP contribution is -2.78. The molecule has 2 unspecified atom stereocenters. The van der Waals surface area contributed by atoms with Crippen molar-refractivity contribution in [3.63, 3.8) is 0 Å². The maximum atomic E-state index is 12.4. The van der Waals surface area contributed by atoms with E-state index < -0.39 is 0 Å². The first kappa shape index (κ1) is 19.3. The monoisotopic (exact) mass is 387 g/mol. The predicted octanol–water partition coefficient (Wildman–Crippen LogP) is -0.560. The van der Waals surface area contributed by atoms with Gasteiger partial charge in [0.05, 0.1) is 11.6 Å². The average Bonchev–Trinajstić information content (AvgIpc) is 3.00. The highest BCUT2D eigenvalue weighted by atomic mass is 16.3. The highest BCUT2D eigenvalue weighted by molar-refractivity contribution is 5.79. The molecule has 0 aliphatic carbocycles. The maximum Gasteiger partial charge on any atom is 0.224 e. The second kappa shape index (κ2) is 7.77. The lowest BCUT2D eigenvalue weighted by Gasteiger charge is -2.61. The fraction of sp³-hybridized carbons (Fsp3) is 0.650. The van der Waals surface area contributed by atoms with Gasteiger partial charge in [-0.2, -0.15) is 0 Å². The first-order valence-corrected chi connectivity index (χ1v) is 10.0. The average molecular weight is 387 g/mol. The molecule has 28 heavy (non-hydrogen) atoms. The molecule has 0 radical (unpaired) electrons. The van der Waals surface area contributed by atoms with Crippen LogP contribution in [0.2, 0.25) is 0 Å². The summed E-state index contributed by atoms with van der Waals surface area (Å²) in [4.78, 5) is 34.4. The second-order valence-corrected chi connectivity index (χ2v) is 8.43. The Morgan fingerprint density at radius 2 is 2.14 bits per heavy atom. The number of likely N-dealkylation sites (tertiary alicyclic amines) is 1. The summed E-state index contributed by atoms with van der Waals surface area (Å²) in [6.07, 6.45) is 4.53. The Kier molecular flexibility index (Phi) is 5.35. The number of hydrogen-bond acceptors (Lipinski definition) is 6. The molecule has 3 aliphatic heterocycles. The molecular weight excluding hydrogens is 358 g/mol. The quantitative estimate of drug-likeness (QED) is 0.704. The van der Waals surface area contributed by atoms with Crippen molar-refractivity contribution in [2.75, 3.05) is 39.3 Å². The third-order valence-corrected chi connectivity index (χ3v) is 6.15. The molecule has 3 saturated heterocycles. The normalized spacial score (nSPS) is 26.7. The van der Waals surface area contributed by atoms with Crippen LogP contribution in [0.1, 0.15) is 25.3 Å². The van der Waals surface area contributed by atoms with Crippen LogP contribution in [0.3, 0.4) is 0 Å². The number of aliphatic hydroxyl groups is 1. The molecule has 1 aromatic rings. The fourth-order valence-corrected chi connectivity index (χ4v) is 5.01. The lowest BCUT2D eigenvalue weighted by molar-refractivity contribution is -0.156. The molecule has 3 aliphatic rings. The van der Waals surface area contributed by atoms with E-state index in [0.29, 0.717) is 38.6 Å². The summed E-state index contributed by atoms with van der Waals surface area (Å²) < 4.78 is 0. The number of amides is 2. The number of aliphatic hydroxyl groups excluding tert-OH is 1. The lowest BCUT2D eigenvalue weighted by atomic mass is 9.83. The molecule has 2 N–H and O–H groups in total. The van der Waals surface area contributed by atoms with Crippen LogP contribution in [-0.4, -0.2) is 93.6 Å². The SMILES string of the molecule is CC(=O)NCCC(=O)N1CC2(CN(Cc3cccnc3)CC3CC(O)CN32)C1. The van der Waals surface area contributed by atoms with Crippen LogP contribution in [0, 0.1) is 0 Å². The Morgan fingerprint density at radius 3 is 2.86 bits per heavy atom. The fourth-order valence-electron chi connectivity index (χ4n) is 5.01. The van der Waals surface area contributed by atoms with E-state index in [-0.39, 0.29) is 23.5 Å². The molecular formula is C20H29N5O3. The van der Waals surface area contributed by atoms with Gasteiger partial charge in [-0.25, -0.2) is 0 Å². The number of aromatic nitrogens is 1. The van der Waals surface area contributed by atoms with Crippen molar-refractivity contribution in [3.8, 4) is 0 Å². The summed E-state index contributed by atoms with van der Waals surface area (Å²) in [5.41, 5.74) is 1.11. The maximum absolute atomic E-state index is 12.4. The van der Waals surface area contributed by atoms with Crippen molar-refractivity contribution in [2.45, 2.75) is 44.0 Å². The van der Waals surface area contributed by atoms with Crippen molar-refractivity contribution < 1.29 is 14.7 Å². The summed E-state index contributed by atoms with van der Waals surface area (Å²) in [5, 5.41) is 12.9. The number of nitrogens with zero attached hydrogens (tertiary/aromatic N) is 4. The van der Waals surface area contributed by atoms with Crippen LogP contribution in [0.4, 0.5) is 0 Å². The third-order valence-electron chi connectivity index (χ3n) is 6.15. The van der Waals surface area contributed by atoms with Gasteiger partial charge >= 0.3 is 0 Å². The molecule has 3 fully saturated rings. The van der Waals surface area contributed by atoms with Crippen LogP contribution in [0.25, 0.3) is 0 Å². The molecule has 2 amide bonds. The Morgan fingerprint density at radius 1 is 1.32 bits per heavy atom. The van der Waals surface area contributed by atoms with Crippen LogP contribution < -0.4 is 5.32 Å². The molecule has 8 nitrogen and oxygen atoms in total. The Balaban J connectivity index is 1.40. The van der Waals surface area contributed by atoms with E-state index in [2.05, 4.69) is 26.2 Å². The third kappa shape index (κ3) is 3.90. The van der Waals surface area contributed by atoms with Crippen LogP contribution in [0.15, 0.2) is 24.5 Å². The summed E-state index contributed by atoms with van der Waals surface area (Å²) in [7, 11) is 0. The Hall–Kier alpha value is -2.03. The predicted molar refractivity (Wildman–Crippen MR) is 103 cm³/mol. The van der Waals surface area contributed by atoms with E-state index in [1.165, 1.54) is 12.5 Å². The number of piperazine rings is 1. The molecule has 8 heteroatoms. The van der Waals surface area contributed by atoms with Crippen molar-refractivity contribution in [3.05, 3.63) is 30.1 Å². The molecule has 2 atom stereocenters. The van der Waals surface area contributed by atoms with Gasteiger partial charge in [-0.15, -0.1) is 0 Å². The van der Waals surface area contributed by atoms with Gasteiger partial charge in [0.2, 0.25) is 11.8 Å². The summed E-state index contributed by atoms with van der Waals surface area (Å²) in [5.74, 6) is -0.0276. The topological polar surface area (TPSA) is 89.0 Å². The summed E-state index contributed by atoms with van der Waals surface area (Å²) in [6.45, 7) is 6.59. The van der Waals surface area contributed by atoms with Gasteiger partial charge in [-0.05, 0) is 18.1 Å². The van der Waals surface area contributed by atoms with E-state index in [9.17, 15) is 14.7 Å². The van der Waals surface area contributed by atoms with Crippen LogP contribution in [-0.2, 0) is 16.1 Å². The zero-order valence-electron chi connectivity index (χ0n) is 16.4. The number of nitrogens with one attached hydrogen (secondary N) is 1. The van der Waals surface area contributed by atoms with Crippen molar-refractivity contribution in [1.29, 1.82) is 0 Å². The highest BCUT2D eigenvalue weighted by Gasteiger charge is 2.56. The van der Waals surface area contributed by atoms with Crippen molar-refractivity contribution >= 4 is 11.8 Å². The van der Waals surface area contributed by atoms with Gasteiger partial charge in [-0.3, -0.25) is 24.4 Å². The Bertz CT molecular complexity index is 722. The van der Waals surface area contributed by atoms with E-state index in [1.54, 1.807) is 6.20 Å². The van der Waals surface area contributed by atoms with E-state index in [0.717, 1.165) is 26.1 Å². The minimum atomic E-state index is -0.287. The van der Waals surface area contributed by atoms with Crippen molar-refractivity contribution in [2.24, 2.45) is 0 Å². The first-order valence-electron chi connectivity index (χ1n) is 10.0. The number of β-amino-alcohol motifs (C(OH)–C–C–N with tert-alkyl or cyclic N) is 1. The van der Waals surface area contributed by atoms with Gasteiger partial charge in [-0.1, -0.05) is 6.07 Å². The van der Waals surface area contributed by atoms with Crippen LogP contribution >= 0.6 is 0 Å². The minimum Gasteiger partial charge on any atom is -0.392 e. The van der Waals surface area contributed by atoms with E-state index in [1.807, 2.05) is 17.2 Å². The molecule has 4 heterocycles. The van der Waals surface area contributed by atoms with E-state index >= 15 is 0 Å². The van der Waals surface area contributed by atoms with Gasteiger partial charge < -0.3 is 15.3 Å². The zero-order valence-corrected chi connectivity index (χ0v) is 16.4. The standard InChI is InChI=1S/C20H29N5O3/c1-15(26)22-6-4-19(28)24-13-20(14-24)12-23(9-16-3-2-5-21-8-16)10-17-7-18(27)11-25(17)20/h2-3,5,8,17-18,27H,4,6-7,9-14H2,1H3,(H,22,26). The smallest absolute Gasteiger partial charge is 0.224 e. The molecule has 0 aromatic carbocycles. The molecule has 152 valence electrons. The second-order valence-electron chi connectivity index (χ2n) is 8.43. The number of fused-ring (bicyclic) bond motifs is 2. The molecule has 0 bridgehead atoms. The van der Waals surface area contributed by atoms with Gasteiger partial charge in [0, 0.05) is 77.6 Å². The van der Waals surface area contributed by atoms with Crippen molar-refractivity contribution in [1.82, 2.24) is 25.0 Å². The largest absolute Gasteiger partial charge is 0.392 e. The van der Waals surface area contributed by atoms with Gasteiger partial charge in [0.15, 0.2) is 0 Å². The molecule has 1 aromatic heterocycles. The summed E-state index contributed by atoms with van der Waals surface area (Å²) in [6, 6.07) is 4.38.